The van der Waals surface area contributed by atoms with E-state index in [1.54, 1.807) is 0 Å². The summed E-state index contributed by atoms with van der Waals surface area (Å²) in [4.78, 5) is 0. The Bertz CT molecular complexity index is 120. The summed E-state index contributed by atoms with van der Waals surface area (Å²) in [6, 6.07) is 0. The molecule has 0 fully saturated rings. The van der Waals surface area contributed by atoms with Crippen LogP contribution in [0.5, 0.6) is 0 Å². The Balaban J connectivity index is 3.83. The topological polar surface area (TPSA) is 20.2 Å². The molecule has 0 spiro atoms. The molecule has 1 atom stereocenters. The van der Waals surface area contributed by atoms with Gasteiger partial charge in [-0.1, -0.05) is 13.8 Å². The highest BCUT2D eigenvalue weighted by Crippen LogP contribution is 2.27. The van der Waals surface area contributed by atoms with Crippen LogP contribution >= 0.6 is 0 Å². The minimum atomic E-state index is -4.15. The fraction of sp³-hybridized carbons (Fsp3) is 1.00. The van der Waals surface area contributed by atoms with E-state index in [-0.39, 0.29) is 12.5 Å². The largest absolute Gasteiger partial charge is 0.396 e. The summed E-state index contributed by atoms with van der Waals surface area (Å²) >= 11 is 0. The zero-order chi connectivity index (χ0) is 9.78. The van der Waals surface area contributed by atoms with Crippen molar-refractivity contribution in [2.24, 2.45) is 11.8 Å². The molecule has 0 rings (SSSR count). The number of alkyl halides is 3. The Hall–Kier alpha value is -0.250. The number of aliphatic hydroxyl groups excluding tert-OH is 1. The van der Waals surface area contributed by atoms with Gasteiger partial charge in [-0.25, -0.2) is 0 Å². The summed E-state index contributed by atoms with van der Waals surface area (Å²) in [5.41, 5.74) is 0. The Morgan fingerprint density at radius 2 is 1.75 bits per heavy atom. The number of aliphatic hydroxyl groups is 1. The second-order valence-corrected chi connectivity index (χ2v) is 3.50. The standard InChI is InChI=1S/C8H15F3O/c1-6(2)3-7(5-12)4-8(9,10)11/h6-7,12H,3-5H2,1-2H3/t7-/m0/s1. The van der Waals surface area contributed by atoms with E-state index in [0.29, 0.717) is 6.42 Å². The number of hydrogen-bond acceptors (Lipinski definition) is 1. The van der Waals surface area contributed by atoms with Gasteiger partial charge in [0.05, 0.1) is 0 Å². The average Bonchev–Trinajstić information content (AvgIpc) is 1.82. The SMILES string of the molecule is CC(C)C[C@H](CO)CC(F)(F)F. The first-order valence-corrected chi connectivity index (χ1v) is 4.02. The molecular formula is C8H15F3O. The fourth-order valence-corrected chi connectivity index (χ4v) is 1.22. The van der Waals surface area contributed by atoms with Gasteiger partial charge in [0.25, 0.3) is 0 Å². The first-order chi connectivity index (χ1) is 5.35. The molecule has 0 saturated heterocycles. The normalized spacial score (nSPS) is 15.2. The van der Waals surface area contributed by atoms with Crippen molar-refractivity contribution >= 4 is 0 Å². The third-order valence-corrected chi connectivity index (χ3v) is 1.58. The van der Waals surface area contributed by atoms with Gasteiger partial charge in [-0.05, 0) is 18.3 Å². The molecule has 0 unspecified atom stereocenters. The number of rotatable bonds is 4. The number of halogens is 3. The third kappa shape index (κ3) is 6.46. The second-order valence-electron chi connectivity index (χ2n) is 3.50. The maximum absolute atomic E-state index is 11.8. The van der Waals surface area contributed by atoms with Crippen molar-refractivity contribution in [1.82, 2.24) is 0 Å². The Morgan fingerprint density at radius 3 is 2.00 bits per heavy atom. The fourth-order valence-electron chi connectivity index (χ4n) is 1.22. The molecule has 0 aromatic rings. The maximum Gasteiger partial charge on any atom is 0.389 e. The van der Waals surface area contributed by atoms with Crippen molar-refractivity contribution in [2.45, 2.75) is 32.9 Å². The van der Waals surface area contributed by atoms with Gasteiger partial charge >= 0.3 is 6.18 Å². The third-order valence-electron chi connectivity index (χ3n) is 1.58. The van der Waals surface area contributed by atoms with Gasteiger partial charge in [-0.15, -0.1) is 0 Å². The molecule has 0 aliphatic heterocycles. The van der Waals surface area contributed by atoms with Gasteiger partial charge < -0.3 is 5.11 Å². The molecule has 0 aromatic carbocycles. The van der Waals surface area contributed by atoms with Crippen molar-refractivity contribution in [3.05, 3.63) is 0 Å². The first kappa shape index (κ1) is 11.8. The lowest BCUT2D eigenvalue weighted by molar-refractivity contribution is -0.148. The Kier molecular flexibility index (Phi) is 4.60. The van der Waals surface area contributed by atoms with Crippen molar-refractivity contribution < 1.29 is 18.3 Å². The predicted octanol–water partition coefficient (Wildman–Crippen LogP) is 2.59. The molecule has 1 nitrogen and oxygen atoms in total. The van der Waals surface area contributed by atoms with Crippen LogP contribution < -0.4 is 0 Å². The molecule has 0 radical (unpaired) electrons. The Labute approximate surface area is 70.6 Å². The molecule has 0 heterocycles. The summed E-state index contributed by atoms with van der Waals surface area (Å²) in [6.07, 6.45) is -4.60. The molecule has 0 aliphatic carbocycles. The molecule has 12 heavy (non-hydrogen) atoms. The lowest BCUT2D eigenvalue weighted by atomic mass is 9.95. The van der Waals surface area contributed by atoms with Crippen molar-refractivity contribution in [1.29, 1.82) is 0 Å². The van der Waals surface area contributed by atoms with Crippen molar-refractivity contribution in [2.75, 3.05) is 6.61 Å². The van der Waals surface area contributed by atoms with Crippen LogP contribution in [0.2, 0.25) is 0 Å². The van der Waals surface area contributed by atoms with Gasteiger partial charge in [-0.3, -0.25) is 0 Å². The molecule has 0 bridgehead atoms. The van der Waals surface area contributed by atoms with E-state index in [4.69, 9.17) is 5.11 Å². The van der Waals surface area contributed by atoms with E-state index >= 15 is 0 Å². The minimum Gasteiger partial charge on any atom is -0.396 e. The number of hydrogen-bond donors (Lipinski definition) is 1. The molecule has 74 valence electrons. The predicted molar refractivity (Wildman–Crippen MR) is 40.7 cm³/mol. The monoisotopic (exact) mass is 184 g/mol. The van der Waals surface area contributed by atoms with Crippen LogP contribution in [0.4, 0.5) is 13.2 Å². The summed E-state index contributed by atoms with van der Waals surface area (Å²) in [6.45, 7) is 3.32. The molecule has 1 N–H and O–H groups in total. The highest BCUT2D eigenvalue weighted by atomic mass is 19.4. The maximum atomic E-state index is 11.8. The van der Waals surface area contributed by atoms with E-state index in [0.717, 1.165) is 0 Å². The highest BCUT2D eigenvalue weighted by Gasteiger charge is 2.31. The van der Waals surface area contributed by atoms with Crippen LogP contribution in [0.3, 0.4) is 0 Å². The zero-order valence-corrected chi connectivity index (χ0v) is 7.36. The average molecular weight is 184 g/mol. The van der Waals surface area contributed by atoms with Gasteiger partial charge in [0.2, 0.25) is 0 Å². The summed E-state index contributed by atoms with van der Waals surface area (Å²) in [5, 5.41) is 8.64. The van der Waals surface area contributed by atoms with Gasteiger partial charge in [-0.2, -0.15) is 13.2 Å². The molecule has 0 aromatic heterocycles. The summed E-state index contributed by atoms with van der Waals surface area (Å²) < 4.78 is 35.5. The second kappa shape index (κ2) is 4.70. The van der Waals surface area contributed by atoms with Crippen LogP contribution in [-0.2, 0) is 0 Å². The van der Waals surface area contributed by atoms with Crippen LogP contribution in [0.1, 0.15) is 26.7 Å². The molecule has 0 saturated carbocycles. The van der Waals surface area contributed by atoms with Crippen LogP contribution in [-0.4, -0.2) is 17.9 Å². The van der Waals surface area contributed by atoms with Gasteiger partial charge in [0, 0.05) is 13.0 Å². The van der Waals surface area contributed by atoms with Gasteiger partial charge in [0.15, 0.2) is 0 Å². The first-order valence-electron chi connectivity index (χ1n) is 4.02. The van der Waals surface area contributed by atoms with Crippen LogP contribution in [0.25, 0.3) is 0 Å². The van der Waals surface area contributed by atoms with Crippen LogP contribution in [0, 0.1) is 11.8 Å². The van der Waals surface area contributed by atoms with E-state index in [2.05, 4.69) is 0 Å². The lowest BCUT2D eigenvalue weighted by Gasteiger charge is -2.17. The van der Waals surface area contributed by atoms with Crippen LogP contribution in [0.15, 0.2) is 0 Å². The smallest absolute Gasteiger partial charge is 0.389 e. The summed E-state index contributed by atoms with van der Waals surface area (Å²) in [7, 11) is 0. The Morgan fingerprint density at radius 1 is 1.25 bits per heavy atom. The zero-order valence-electron chi connectivity index (χ0n) is 7.36. The van der Waals surface area contributed by atoms with Crippen molar-refractivity contribution in [3.8, 4) is 0 Å². The van der Waals surface area contributed by atoms with E-state index in [9.17, 15) is 13.2 Å². The molecule has 4 heteroatoms. The molecular weight excluding hydrogens is 169 g/mol. The molecule has 0 amide bonds. The quantitative estimate of drug-likeness (QED) is 0.712. The molecule has 0 aliphatic rings. The van der Waals surface area contributed by atoms with Gasteiger partial charge in [0.1, 0.15) is 0 Å². The highest BCUT2D eigenvalue weighted by molar-refractivity contribution is 4.64. The summed E-state index contributed by atoms with van der Waals surface area (Å²) in [5.74, 6) is -0.436. The van der Waals surface area contributed by atoms with Crippen molar-refractivity contribution in [3.63, 3.8) is 0 Å². The van der Waals surface area contributed by atoms with E-state index in [1.807, 2.05) is 13.8 Å². The minimum absolute atomic E-state index is 0.199. The van der Waals surface area contributed by atoms with E-state index in [1.165, 1.54) is 0 Å². The lowest BCUT2D eigenvalue weighted by Crippen LogP contribution is -2.19. The van der Waals surface area contributed by atoms with E-state index < -0.39 is 18.5 Å².